The molecule has 0 spiro atoms. The minimum Gasteiger partial charge on any atom is -0.489 e. The SMILES string of the molecule is CC(=O)N1C[C@H](c2ccc(OC(F)F)c(OCC3CC3)c2)C([Si])C[C@@H]1C(=O)OCc1cccc(C(=O)N(C)c2ccc(C)cc2)n1. The van der Waals surface area contributed by atoms with E-state index in [0.29, 0.717) is 18.2 Å². The molecule has 241 valence electrons. The van der Waals surface area contributed by atoms with E-state index in [-0.39, 0.29) is 60.0 Å². The molecule has 2 aromatic carbocycles. The van der Waals surface area contributed by atoms with Gasteiger partial charge in [-0.05, 0) is 79.6 Å². The van der Waals surface area contributed by atoms with Crippen LogP contribution >= 0.6 is 0 Å². The lowest BCUT2D eigenvalue weighted by Gasteiger charge is -2.41. The molecule has 1 saturated carbocycles. The van der Waals surface area contributed by atoms with E-state index in [1.807, 2.05) is 31.2 Å². The Bertz CT molecular complexity index is 1570. The number of piperidine rings is 1. The monoisotopic (exact) mass is 648 g/mol. The van der Waals surface area contributed by atoms with Crippen LogP contribution in [0.1, 0.15) is 59.4 Å². The summed E-state index contributed by atoms with van der Waals surface area (Å²) in [7, 11) is 5.43. The van der Waals surface area contributed by atoms with Crippen LogP contribution in [0.4, 0.5) is 14.5 Å². The lowest BCUT2D eigenvalue weighted by Crippen LogP contribution is -2.51. The second kappa shape index (κ2) is 14.4. The van der Waals surface area contributed by atoms with Gasteiger partial charge in [0.05, 0.1) is 12.3 Å². The van der Waals surface area contributed by atoms with Crippen molar-refractivity contribution in [2.24, 2.45) is 5.92 Å². The zero-order chi connectivity index (χ0) is 33.0. The molecule has 1 unspecified atom stereocenters. The number of aromatic nitrogens is 1. The Labute approximate surface area is 270 Å². The summed E-state index contributed by atoms with van der Waals surface area (Å²) >= 11 is 0. The molecular formula is C34H36F2N3O6Si. The highest BCUT2D eigenvalue weighted by Crippen LogP contribution is 2.42. The molecule has 1 saturated heterocycles. The van der Waals surface area contributed by atoms with Crippen LogP contribution in [-0.2, 0) is 20.9 Å². The van der Waals surface area contributed by atoms with E-state index in [0.717, 1.165) is 29.7 Å². The van der Waals surface area contributed by atoms with Gasteiger partial charge in [0.2, 0.25) is 5.91 Å². The maximum atomic E-state index is 13.3. The first-order valence-corrected chi connectivity index (χ1v) is 15.7. The molecule has 2 fully saturated rings. The Morgan fingerprint density at radius 3 is 2.48 bits per heavy atom. The molecule has 3 aromatic rings. The van der Waals surface area contributed by atoms with Crippen LogP contribution in [0.3, 0.4) is 0 Å². The van der Waals surface area contributed by atoms with Crippen molar-refractivity contribution in [2.45, 2.75) is 63.8 Å². The summed E-state index contributed by atoms with van der Waals surface area (Å²) in [6.45, 7) is 0.774. The molecule has 0 N–H and O–H groups in total. The van der Waals surface area contributed by atoms with Crippen LogP contribution in [0.2, 0.25) is 5.54 Å². The van der Waals surface area contributed by atoms with E-state index in [9.17, 15) is 23.2 Å². The molecule has 46 heavy (non-hydrogen) atoms. The summed E-state index contributed by atoms with van der Waals surface area (Å²) in [6, 6.07) is 16.4. The molecule has 12 heteroatoms. The number of amides is 2. The van der Waals surface area contributed by atoms with Gasteiger partial charge < -0.3 is 24.0 Å². The van der Waals surface area contributed by atoms with Crippen molar-refractivity contribution in [3.63, 3.8) is 0 Å². The average molecular weight is 649 g/mol. The number of benzene rings is 2. The van der Waals surface area contributed by atoms with E-state index in [4.69, 9.17) is 9.47 Å². The van der Waals surface area contributed by atoms with Crippen LogP contribution in [0.15, 0.2) is 60.7 Å². The van der Waals surface area contributed by atoms with Gasteiger partial charge in [0.1, 0.15) is 18.3 Å². The van der Waals surface area contributed by atoms with Gasteiger partial charge in [0, 0.05) is 42.4 Å². The van der Waals surface area contributed by atoms with Gasteiger partial charge >= 0.3 is 12.6 Å². The highest BCUT2D eigenvalue weighted by molar-refractivity contribution is 6.12. The minimum absolute atomic E-state index is 0.0493. The van der Waals surface area contributed by atoms with Gasteiger partial charge in [0.25, 0.3) is 5.91 Å². The number of pyridine rings is 1. The number of carbonyl (C=O) groups is 3. The summed E-state index contributed by atoms with van der Waals surface area (Å²) in [5.74, 6) is -0.901. The molecule has 2 amide bonds. The van der Waals surface area contributed by atoms with Crippen molar-refractivity contribution < 1.29 is 37.4 Å². The number of esters is 1. The molecular weight excluding hydrogens is 612 g/mol. The van der Waals surface area contributed by atoms with Crippen molar-refractivity contribution in [3.05, 3.63) is 83.2 Å². The fourth-order valence-corrected chi connectivity index (χ4v) is 5.96. The molecule has 5 rings (SSSR count). The number of halogens is 2. The van der Waals surface area contributed by atoms with Gasteiger partial charge in [-0.3, -0.25) is 9.59 Å². The third kappa shape index (κ3) is 8.09. The Morgan fingerprint density at radius 1 is 1.07 bits per heavy atom. The number of nitrogens with zero attached hydrogens (tertiary/aromatic N) is 3. The highest BCUT2D eigenvalue weighted by atomic mass is 28.1. The van der Waals surface area contributed by atoms with Crippen LogP contribution in [-0.4, -0.2) is 70.8 Å². The van der Waals surface area contributed by atoms with E-state index in [1.165, 1.54) is 22.8 Å². The Kier molecular flexibility index (Phi) is 10.3. The first-order chi connectivity index (χ1) is 22.0. The number of likely N-dealkylation sites (tertiary alicyclic amines) is 1. The molecule has 1 aromatic heterocycles. The third-order valence-electron chi connectivity index (χ3n) is 8.31. The first kappa shape index (κ1) is 33.1. The minimum atomic E-state index is -2.99. The number of carbonyl (C=O) groups excluding carboxylic acids is 3. The molecule has 1 aliphatic heterocycles. The Hall–Kier alpha value is -4.32. The molecule has 2 heterocycles. The summed E-state index contributed by atoms with van der Waals surface area (Å²) in [4.78, 5) is 46.5. The second-order valence-electron chi connectivity index (χ2n) is 11.8. The van der Waals surface area contributed by atoms with Crippen LogP contribution < -0.4 is 14.4 Å². The maximum absolute atomic E-state index is 13.3. The number of alkyl halides is 2. The number of ether oxygens (including phenoxy) is 3. The van der Waals surface area contributed by atoms with E-state index >= 15 is 0 Å². The largest absolute Gasteiger partial charge is 0.489 e. The smallest absolute Gasteiger partial charge is 0.387 e. The van der Waals surface area contributed by atoms with Gasteiger partial charge in [-0.2, -0.15) is 8.78 Å². The number of rotatable bonds is 11. The molecule has 0 bridgehead atoms. The zero-order valence-electron chi connectivity index (χ0n) is 25.9. The quantitative estimate of drug-likeness (QED) is 0.201. The van der Waals surface area contributed by atoms with Crippen molar-refractivity contribution in [3.8, 4) is 11.5 Å². The van der Waals surface area contributed by atoms with E-state index in [1.54, 1.807) is 37.4 Å². The highest BCUT2D eigenvalue weighted by Gasteiger charge is 2.40. The molecule has 3 atom stereocenters. The number of hydrogen-bond donors (Lipinski definition) is 0. The topological polar surface area (TPSA) is 98.3 Å². The standard InChI is InChI=1S/C34H36F2N3O6Si/c1-20-7-12-25(13-8-20)38(3)32(41)27-6-4-5-24(37-27)19-44-33(42)28-16-31(46)26(17-39(28)21(2)40)23-11-14-29(45-34(35)36)30(15-23)43-18-22-9-10-22/h4-8,11-15,22,26,28,31,34H,9-10,16-19H2,1-3H3/t26-,28-,31?/m1/s1. The Morgan fingerprint density at radius 2 is 1.80 bits per heavy atom. The average Bonchev–Trinajstić information content (AvgIpc) is 3.87. The summed E-state index contributed by atoms with van der Waals surface area (Å²) < 4.78 is 42.2. The van der Waals surface area contributed by atoms with Gasteiger partial charge in [0.15, 0.2) is 11.5 Å². The number of hydrogen-bond acceptors (Lipinski definition) is 7. The molecule has 1 aliphatic carbocycles. The number of aryl methyl sites for hydroxylation is 1. The number of anilines is 1. The van der Waals surface area contributed by atoms with Gasteiger partial charge in [-0.1, -0.05) is 29.8 Å². The van der Waals surface area contributed by atoms with Crippen molar-refractivity contribution in [1.29, 1.82) is 0 Å². The summed E-state index contributed by atoms with van der Waals surface area (Å²) in [5.41, 5.74) is 2.90. The fraction of sp³-hybridized carbons (Fsp3) is 0.412. The molecule has 2 aliphatic rings. The lowest BCUT2D eigenvalue weighted by molar-refractivity contribution is -0.157. The van der Waals surface area contributed by atoms with Crippen molar-refractivity contribution in [1.82, 2.24) is 9.88 Å². The van der Waals surface area contributed by atoms with E-state index < -0.39 is 18.6 Å². The summed E-state index contributed by atoms with van der Waals surface area (Å²) in [6.07, 6.45) is 2.32. The third-order valence-corrected chi connectivity index (χ3v) is 8.94. The predicted octanol–water partition coefficient (Wildman–Crippen LogP) is 5.46. The van der Waals surface area contributed by atoms with Crippen molar-refractivity contribution in [2.75, 3.05) is 25.1 Å². The normalized spacial score (nSPS) is 19.5. The maximum Gasteiger partial charge on any atom is 0.387 e. The molecule has 9 nitrogen and oxygen atoms in total. The van der Waals surface area contributed by atoms with Crippen LogP contribution in [0.25, 0.3) is 0 Å². The molecule has 3 radical (unpaired) electrons. The second-order valence-corrected chi connectivity index (χ2v) is 12.5. The Balaban J connectivity index is 1.25. The predicted molar refractivity (Wildman–Crippen MR) is 167 cm³/mol. The zero-order valence-corrected chi connectivity index (χ0v) is 26.9. The van der Waals surface area contributed by atoms with Gasteiger partial charge in [-0.15, -0.1) is 0 Å². The lowest BCUT2D eigenvalue weighted by atomic mass is 9.86. The fourth-order valence-electron chi connectivity index (χ4n) is 5.44. The first-order valence-electron chi connectivity index (χ1n) is 15.2. The summed E-state index contributed by atoms with van der Waals surface area (Å²) in [5, 5.41) is 0. The van der Waals surface area contributed by atoms with Crippen LogP contribution in [0, 0.1) is 12.8 Å². The van der Waals surface area contributed by atoms with Gasteiger partial charge in [-0.25, -0.2) is 9.78 Å². The van der Waals surface area contributed by atoms with Crippen LogP contribution in [0.5, 0.6) is 11.5 Å². The van der Waals surface area contributed by atoms with E-state index in [2.05, 4.69) is 20.0 Å². The van der Waals surface area contributed by atoms with Crippen molar-refractivity contribution >= 4 is 33.7 Å².